The van der Waals surface area contributed by atoms with E-state index in [-0.39, 0.29) is 11.7 Å². The van der Waals surface area contributed by atoms with Crippen LogP contribution in [-0.4, -0.2) is 62.9 Å². The van der Waals surface area contributed by atoms with Gasteiger partial charge in [0.1, 0.15) is 12.1 Å². The summed E-state index contributed by atoms with van der Waals surface area (Å²) in [5.74, 6) is 1.08. The van der Waals surface area contributed by atoms with Crippen molar-refractivity contribution in [1.82, 2.24) is 24.5 Å². The lowest BCUT2D eigenvalue weighted by Gasteiger charge is -2.22. The number of hydrogen-bond donors (Lipinski definition) is 0. The molecule has 1 amide bonds. The summed E-state index contributed by atoms with van der Waals surface area (Å²) < 4.78 is 1.89. The number of nitrogens with zero attached hydrogens (tertiary/aromatic N) is 6. The van der Waals surface area contributed by atoms with Crippen molar-refractivity contribution < 1.29 is 9.59 Å². The smallest absolute Gasteiger partial charge is 0.222 e. The first kappa shape index (κ1) is 22.4. The molecule has 0 N–H and O–H groups in total. The maximum atomic E-state index is 11.5. The lowest BCUT2D eigenvalue weighted by Crippen LogP contribution is -2.34. The number of carbonyl (C=O) groups excluding carboxylic acids is 2. The van der Waals surface area contributed by atoms with Gasteiger partial charge >= 0.3 is 0 Å². The highest BCUT2D eigenvalue weighted by Gasteiger charge is 2.20. The van der Waals surface area contributed by atoms with Gasteiger partial charge in [-0.3, -0.25) is 9.59 Å². The average molecular weight is 423 g/mol. The largest absolute Gasteiger partial charge is 0.358 e. The molecule has 0 aliphatic carbocycles. The van der Waals surface area contributed by atoms with Crippen LogP contribution in [0.5, 0.6) is 0 Å². The van der Waals surface area contributed by atoms with Gasteiger partial charge in [-0.25, -0.2) is 14.5 Å². The highest BCUT2D eigenvalue weighted by Crippen LogP contribution is 2.12. The van der Waals surface area contributed by atoms with Gasteiger partial charge in [-0.1, -0.05) is 19.4 Å². The van der Waals surface area contributed by atoms with E-state index in [0.717, 1.165) is 50.4 Å². The molecule has 0 unspecified atom stereocenters. The Kier molecular flexibility index (Phi) is 7.70. The minimum atomic E-state index is 0.0179. The predicted octanol–water partition coefficient (Wildman–Crippen LogP) is 3.02. The molecule has 8 heteroatoms. The summed E-state index contributed by atoms with van der Waals surface area (Å²) in [4.78, 5) is 34.9. The number of Topliss-reactive ketones (excluding diaryl/α,β-unsaturated/α-hetero) is 1. The normalized spacial score (nSPS) is 13.3. The summed E-state index contributed by atoms with van der Waals surface area (Å²) in [7, 11) is 1.94. The van der Waals surface area contributed by atoms with Crippen LogP contribution in [0, 0.1) is 0 Å². The van der Waals surface area contributed by atoms with E-state index in [4.69, 9.17) is 0 Å². The second-order valence-corrected chi connectivity index (χ2v) is 7.66. The predicted molar refractivity (Wildman–Crippen MR) is 120 cm³/mol. The summed E-state index contributed by atoms with van der Waals surface area (Å²) in [6.45, 7) is 6.03. The molecular weight excluding hydrogens is 392 g/mol. The van der Waals surface area contributed by atoms with E-state index in [2.05, 4.69) is 28.1 Å². The quantitative estimate of drug-likeness (QED) is 0.544. The van der Waals surface area contributed by atoms with Gasteiger partial charge in [0.2, 0.25) is 5.91 Å². The summed E-state index contributed by atoms with van der Waals surface area (Å²) >= 11 is 0. The van der Waals surface area contributed by atoms with Crippen molar-refractivity contribution in [3.05, 3.63) is 54.1 Å². The van der Waals surface area contributed by atoms with Gasteiger partial charge in [0.15, 0.2) is 11.4 Å². The van der Waals surface area contributed by atoms with Gasteiger partial charge in [0, 0.05) is 50.6 Å². The number of likely N-dealkylation sites (N-methyl/N-ethyl adjacent to an activating group) is 1. The Labute approximate surface area is 182 Å². The lowest BCUT2D eigenvalue weighted by molar-refractivity contribution is -0.127. The molecule has 8 nitrogen and oxygen atoms in total. The molecule has 164 valence electrons. The fourth-order valence-corrected chi connectivity index (χ4v) is 3.49. The van der Waals surface area contributed by atoms with E-state index < -0.39 is 0 Å². The number of aryl methyl sites for hydroxylation is 1. The minimum absolute atomic E-state index is 0.0179. The third-order valence-corrected chi connectivity index (χ3v) is 5.31. The first-order chi connectivity index (χ1) is 15.0. The Morgan fingerprint density at radius 3 is 2.68 bits per heavy atom. The Bertz CT molecular complexity index is 1010. The van der Waals surface area contributed by atoms with Crippen molar-refractivity contribution in [3.63, 3.8) is 0 Å². The molecule has 1 fully saturated rings. The zero-order chi connectivity index (χ0) is 22.2. The fraction of sp³-hybridized carbons (Fsp3) is 0.435. The monoisotopic (exact) mass is 422 g/mol. The van der Waals surface area contributed by atoms with Gasteiger partial charge in [-0.2, -0.15) is 5.10 Å². The topological polar surface area (TPSA) is 83.7 Å². The minimum Gasteiger partial charge on any atom is -0.358 e. The molecule has 31 heavy (non-hydrogen) atoms. The van der Waals surface area contributed by atoms with E-state index in [1.165, 1.54) is 12.6 Å². The molecule has 3 aromatic rings. The number of ketones is 1. The zero-order valence-corrected chi connectivity index (χ0v) is 18.5. The molecule has 1 saturated heterocycles. The Balaban J connectivity index is 0.000000194. The van der Waals surface area contributed by atoms with Crippen molar-refractivity contribution in [2.45, 2.75) is 39.5 Å². The second-order valence-electron chi connectivity index (χ2n) is 7.66. The Hall–Kier alpha value is -3.29. The molecule has 4 rings (SSSR count). The number of fused-ring (bicyclic) bond motifs is 1. The molecule has 4 heterocycles. The molecule has 0 atom stereocenters. The van der Waals surface area contributed by atoms with Crippen LogP contribution >= 0.6 is 0 Å². The molecule has 0 bridgehead atoms. The van der Waals surface area contributed by atoms with Crippen molar-refractivity contribution in [3.8, 4) is 0 Å². The molecule has 0 saturated carbocycles. The van der Waals surface area contributed by atoms with Gasteiger partial charge in [-0.05, 0) is 44.0 Å². The standard InChI is InChI=1S/C14H19N3O2.C9H11N3/c1-11(18)12-5-6-13(15-10-12)16(2)8-9-17-7-3-4-14(17)19;1-2-4-8-5-3-6-9-10-7-11-12(8)9/h5-6,10H,3-4,7-9H2,1-2H3;3,5-7H,2,4H2,1H3. The highest BCUT2D eigenvalue weighted by molar-refractivity contribution is 5.93. The number of pyridine rings is 2. The van der Waals surface area contributed by atoms with Crippen LogP contribution in [0.1, 0.15) is 49.2 Å². The van der Waals surface area contributed by atoms with Gasteiger partial charge in [0.05, 0.1) is 0 Å². The zero-order valence-electron chi connectivity index (χ0n) is 18.5. The summed E-state index contributed by atoms with van der Waals surface area (Å²) in [5.41, 5.74) is 2.78. The fourth-order valence-electron chi connectivity index (χ4n) is 3.49. The number of anilines is 1. The van der Waals surface area contributed by atoms with E-state index in [1.54, 1.807) is 18.6 Å². The number of rotatable bonds is 7. The molecule has 3 aromatic heterocycles. The van der Waals surface area contributed by atoms with Crippen LogP contribution < -0.4 is 4.90 Å². The number of amides is 1. The third kappa shape index (κ3) is 5.87. The Morgan fingerprint density at radius 1 is 1.19 bits per heavy atom. The molecule has 0 aromatic carbocycles. The van der Waals surface area contributed by atoms with Gasteiger partial charge in [0.25, 0.3) is 0 Å². The third-order valence-electron chi connectivity index (χ3n) is 5.31. The number of carbonyl (C=O) groups is 2. The van der Waals surface area contributed by atoms with Crippen LogP contribution in [0.3, 0.4) is 0 Å². The van der Waals surface area contributed by atoms with Crippen LogP contribution in [0.15, 0.2) is 42.9 Å². The number of likely N-dealkylation sites (tertiary alicyclic amines) is 1. The van der Waals surface area contributed by atoms with Crippen molar-refractivity contribution >= 4 is 23.2 Å². The molecule has 1 aliphatic rings. The van der Waals surface area contributed by atoms with Crippen molar-refractivity contribution in [2.75, 3.05) is 31.6 Å². The van der Waals surface area contributed by atoms with Crippen LogP contribution in [0.4, 0.5) is 5.82 Å². The number of hydrogen-bond acceptors (Lipinski definition) is 6. The molecule has 0 radical (unpaired) electrons. The highest BCUT2D eigenvalue weighted by atomic mass is 16.2. The maximum Gasteiger partial charge on any atom is 0.222 e. The van der Waals surface area contributed by atoms with E-state index in [9.17, 15) is 9.59 Å². The Morgan fingerprint density at radius 2 is 2.03 bits per heavy atom. The molecule has 0 spiro atoms. The molecule has 1 aliphatic heterocycles. The van der Waals surface area contributed by atoms with E-state index in [1.807, 2.05) is 39.6 Å². The molecular formula is C23H30N6O2. The maximum absolute atomic E-state index is 11.5. The summed E-state index contributed by atoms with van der Waals surface area (Å²) in [6.07, 6.45) is 7.02. The van der Waals surface area contributed by atoms with Crippen molar-refractivity contribution in [1.29, 1.82) is 0 Å². The van der Waals surface area contributed by atoms with Crippen LogP contribution in [-0.2, 0) is 11.2 Å². The second kappa shape index (κ2) is 10.7. The first-order valence-electron chi connectivity index (χ1n) is 10.7. The van der Waals surface area contributed by atoms with Gasteiger partial charge in [-0.15, -0.1) is 0 Å². The summed E-state index contributed by atoms with van der Waals surface area (Å²) in [5, 5.41) is 4.14. The van der Waals surface area contributed by atoms with Crippen LogP contribution in [0.25, 0.3) is 5.65 Å². The van der Waals surface area contributed by atoms with E-state index >= 15 is 0 Å². The lowest BCUT2D eigenvalue weighted by atomic mass is 10.2. The number of aromatic nitrogens is 4. The van der Waals surface area contributed by atoms with E-state index in [0.29, 0.717) is 12.0 Å². The SMILES string of the molecule is CC(=O)c1ccc(N(C)CCN2CCCC2=O)nc1.CCCc1cccc2ncnn12. The first-order valence-corrected chi connectivity index (χ1v) is 10.7. The average Bonchev–Trinajstić information content (AvgIpc) is 3.42. The van der Waals surface area contributed by atoms with Crippen LogP contribution in [0.2, 0.25) is 0 Å². The van der Waals surface area contributed by atoms with Crippen molar-refractivity contribution in [2.24, 2.45) is 0 Å². The van der Waals surface area contributed by atoms with Gasteiger partial charge < -0.3 is 9.80 Å². The summed E-state index contributed by atoms with van der Waals surface area (Å²) in [6, 6.07) is 9.69.